The average Bonchev–Trinajstić information content (AvgIpc) is 2.85. The van der Waals surface area contributed by atoms with Crippen molar-refractivity contribution in [2.75, 3.05) is 57.3 Å². The number of fused-ring (bicyclic) bond motifs is 1. The zero-order chi connectivity index (χ0) is 23.0. The Labute approximate surface area is 195 Å². The van der Waals surface area contributed by atoms with Crippen molar-refractivity contribution in [1.29, 1.82) is 0 Å². The number of anilines is 1. The van der Waals surface area contributed by atoms with E-state index in [9.17, 15) is 9.59 Å². The number of nitrogens with zero attached hydrogens (tertiary/aromatic N) is 4. The lowest BCUT2D eigenvalue weighted by molar-refractivity contribution is -0.129. The van der Waals surface area contributed by atoms with Crippen molar-refractivity contribution in [3.63, 3.8) is 0 Å². The molecular weight excluding hydrogens is 418 g/mol. The molecule has 2 aliphatic heterocycles. The highest BCUT2D eigenvalue weighted by Gasteiger charge is 2.37. The highest BCUT2D eigenvalue weighted by molar-refractivity contribution is 6.03. The molecule has 2 aromatic rings. The Bertz CT molecular complexity index is 931. The van der Waals surface area contributed by atoms with E-state index in [0.717, 1.165) is 44.7 Å². The van der Waals surface area contributed by atoms with E-state index in [4.69, 9.17) is 4.74 Å². The summed E-state index contributed by atoms with van der Waals surface area (Å²) < 4.78 is 5.94. The fourth-order valence-corrected chi connectivity index (χ4v) is 4.37. The van der Waals surface area contributed by atoms with Crippen molar-refractivity contribution < 1.29 is 14.3 Å². The van der Waals surface area contributed by atoms with Gasteiger partial charge in [-0.3, -0.25) is 14.5 Å². The predicted octanol–water partition coefficient (Wildman–Crippen LogP) is 2.08. The molecule has 1 fully saturated rings. The van der Waals surface area contributed by atoms with E-state index in [0.29, 0.717) is 18.1 Å². The summed E-state index contributed by atoms with van der Waals surface area (Å²) in [5, 5.41) is 2.97. The largest absolute Gasteiger partial charge is 0.472 e. The summed E-state index contributed by atoms with van der Waals surface area (Å²) in [7, 11) is 0. The lowest BCUT2D eigenvalue weighted by Crippen LogP contribution is -2.48. The van der Waals surface area contributed by atoms with Crippen molar-refractivity contribution in [3.05, 3.63) is 54.2 Å². The van der Waals surface area contributed by atoms with Crippen LogP contribution in [-0.4, -0.2) is 79.0 Å². The highest BCUT2D eigenvalue weighted by Crippen LogP contribution is 2.36. The molecule has 8 nitrogen and oxygen atoms in total. The van der Waals surface area contributed by atoms with Crippen LogP contribution in [-0.2, 0) is 9.59 Å². The Kier molecular flexibility index (Phi) is 7.91. The second kappa shape index (κ2) is 11.2. The fourth-order valence-electron chi connectivity index (χ4n) is 4.37. The number of benzene rings is 1. The molecule has 1 atom stereocenters. The molecule has 33 heavy (non-hydrogen) atoms. The Balaban J connectivity index is 1.29. The lowest BCUT2D eigenvalue weighted by atomic mass is 10.1. The van der Waals surface area contributed by atoms with E-state index < -0.39 is 6.10 Å². The summed E-state index contributed by atoms with van der Waals surface area (Å²) in [6, 6.07) is 12.9. The zero-order valence-corrected chi connectivity index (χ0v) is 19.3. The van der Waals surface area contributed by atoms with Crippen LogP contribution in [0.2, 0.25) is 0 Å². The van der Waals surface area contributed by atoms with Gasteiger partial charge in [-0.15, -0.1) is 0 Å². The van der Waals surface area contributed by atoms with Crippen LogP contribution in [0.3, 0.4) is 0 Å². The molecule has 0 radical (unpaired) electrons. The lowest BCUT2D eigenvalue weighted by Gasteiger charge is -2.34. The first kappa shape index (κ1) is 23.2. The van der Waals surface area contributed by atoms with Crippen LogP contribution in [0.5, 0.6) is 5.75 Å². The van der Waals surface area contributed by atoms with Gasteiger partial charge < -0.3 is 19.9 Å². The molecule has 1 aromatic heterocycles. The number of pyridine rings is 1. The van der Waals surface area contributed by atoms with Crippen LogP contribution in [0, 0.1) is 0 Å². The van der Waals surface area contributed by atoms with Crippen molar-refractivity contribution >= 4 is 17.6 Å². The Morgan fingerprint density at radius 2 is 1.79 bits per heavy atom. The van der Waals surface area contributed by atoms with E-state index in [2.05, 4.69) is 27.0 Å². The van der Waals surface area contributed by atoms with E-state index in [-0.39, 0.29) is 18.4 Å². The number of piperazine rings is 1. The van der Waals surface area contributed by atoms with Crippen LogP contribution in [0.15, 0.2) is 48.7 Å². The van der Waals surface area contributed by atoms with Crippen molar-refractivity contribution in [3.8, 4) is 5.75 Å². The maximum absolute atomic E-state index is 13.2. The van der Waals surface area contributed by atoms with Crippen molar-refractivity contribution in [2.45, 2.75) is 25.9 Å². The standard InChI is InChI=1S/C25H33N5O3/c1-2-13-28-15-17-29(18-16-28)14-7-12-26-22(31)19-30-24-21(10-6-11-27-24)33-23(25(30)32)20-8-4-3-5-9-20/h3-6,8-11,23H,2,7,12-19H2,1H3,(H,26,31). The van der Waals surface area contributed by atoms with E-state index in [1.165, 1.54) is 17.9 Å². The van der Waals surface area contributed by atoms with Crippen LogP contribution < -0.4 is 15.0 Å². The first-order valence-corrected chi connectivity index (χ1v) is 11.8. The van der Waals surface area contributed by atoms with Gasteiger partial charge in [-0.1, -0.05) is 37.3 Å². The minimum absolute atomic E-state index is 0.0781. The van der Waals surface area contributed by atoms with Gasteiger partial charge in [-0.25, -0.2) is 4.98 Å². The third-order valence-electron chi connectivity index (χ3n) is 6.12. The molecule has 0 bridgehead atoms. The highest BCUT2D eigenvalue weighted by atomic mass is 16.5. The van der Waals surface area contributed by atoms with Gasteiger partial charge >= 0.3 is 0 Å². The Hall–Kier alpha value is -2.97. The van der Waals surface area contributed by atoms with Crippen LogP contribution in [0.4, 0.5) is 5.82 Å². The Morgan fingerprint density at radius 1 is 1.06 bits per heavy atom. The topological polar surface area (TPSA) is 78.0 Å². The smallest absolute Gasteiger partial charge is 0.274 e. The normalized spacial score (nSPS) is 19.1. The molecule has 2 aliphatic rings. The molecule has 4 rings (SSSR count). The molecule has 1 unspecified atom stereocenters. The van der Waals surface area contributed by atoms with Crippen LogP contribution >= 0.6 is 0 Å². The van der Waals surface area contributed by atoms with Crippen LogP contribution in [0.1, 0.15) is 31.4 Å². The predicted molar refractivity (Wildman–Crippen MR) is 127 cm³/mol. The molecular formula is C25H33N5O3. The fraction of sp³-hybridized carbons (Fsp3) is 0.480. The molecule has 1 aromatic carbocycles. The second-order valence-electron chi connectivity index (χ2n) is 8.54. The molecule has 0 aliphatic carbocycles. The summed E-state index contributed by atoms with van der Waals surface area (Å²) in [6.07, 6.45) is 2.90. The van der Waals surface area contributed by atoms with Crippen molar-refractivity contribution in [1.82, 2.24) is 20.1 Å². The quantitative estimate of drug-likeness (QED) is 0.589. The number of hydrogen-bond acceptors (Lipinski definition) is 6. The van der Waals surface area contributed by atoms with E-state index >= 15 is 0 Å². The molecule has 176 valence electrons. The first-order valence-electron chi connectivity index (χ1n) is 11.8. The van der Waals surface area contributed by atoms with Gasteiger partial charge in [0.15, 0.2) is 11.6 Å². The van der Waals surface area contributed by atoms with Crippen molar-refractivity contribution in [2.24, 2.45) is 0 Å². The molecule has 1 N–H and O–H groups in total. The number of hydrogen-bond donors (Lipinski definition) is 1. The summed E-state index contributed by atoms with van der Waals surface area (Å²) in [6.45, 7) is 9.28. The first-order chi connectivity index (χ1) is 16.2. The Morgan fingerprint density at radius 3 is 2.52 bits per heavy atom. The summed E-state index contributed by atoms with van der Waals surface area (Å²) in [4.78, 5) is 36.6. The molecule has 0 spiro atoms. The second-order valence-corrected chi connectivity index (χ2v) is 8.54. The minimum Gasteiger partial charge on any atom is -0.472 e. The molecule has 8 heteroatoms. The van der Waals surface area contributed by atoms with Gasteiger partial charge in [-0.2, -0.15) is 0 Å². The molecule has 2 amide bonds. The molecule has 3 heterocycles. The number of carbonyl (C=O) groups excluding carboxylic acids is 2. The number of carbonyl (C=O) groups is 2. The number of nitrogens with one attached hydrogen (secondary N) is 1. The number of aromatic nitrogens is 1. The summed E-state index contributed by atoms with van der Waals surface area (Å²) in [5.41, 5.74) is 0.751. The summed E-state index contributed by atoms with van der Waals surface area (Å²) >= 11 is 0. The maximum atomic E-state index is 13.2. The van der Waals surface area contributed by atoms with Gasteiger partial charge in [0.25, 0.3) is 5.91 Å². The minimum atomic E-state index is -0.790. The number of rotatable bonds is 9. The third-order valence-corrected chi connectivity index (χ3v) is 6.12. The van der Waals surface area contributed by atoms with Gasteiger partial charge in [0, 0.05) is 44.5 Å². The van der Waals surface area contributed by atoms with E-state index in [1.807, 2.05) is 30.3 Å². The molecule has 0 saturated carbocycles. The number of amides is 2. The average molecular weight is 452 g/mol. The third kappa shape index (κ3) is 5.89. The van der Waals surface area contributed by atoms with Gasteiger partial charge in [0.2, 0.25) is 12.0 Å². The van der Waals surface area contributed by atoms with Crippen LogP contribution in [0.25, 0.3) is 0 Å². The molecule has 1 saturated heterocycles. The van der Waals surface area contributed by atoms with E-state index in [1.54, 1.807) is 18.3 Å². The SMILES string of the molecule is CCCN1CCN(CCCNC(=O)CN2C(=O)C(c3ccccc3)Oc3cccnc32)CC1. The van der Waals surface area contributed by atoms with Gasteiger partial charge in [0.1, 0.15) is 6.54 Å². The van der Waals surface area contributed by atoms with Gasteiger partial charge in [-0.05, 0) is 38.1 Å². The maximum Gasteiger partial charge on any atom is 0.274 e. The zero-order valence-electron chi connectivity index (χ0n) is 19.3. The monoisotopic (exact) mass is 451 g/mol. The summed E-state index contributed by atoms with van der Waals surface area (Å²) in [5.74, 6) is 0.407. The number of ether oxygens (including phenoxy) is 1. The van der Waals surface area contributed by atoms with Gasteiger partial charge in [0.05, 0.1) is 0 Å².